The molecule has 3 aromatic rings. The minimum absolute atomic E-state index is 0.155. The van der Waals surface area contributed by atoms with Crippen LogP contribution in [0, 0.1) is 0 Å². The number of rotatable bonds is 10. The Labute approximate surface area is 179 Å². The predicted octanol–water partition coefficient (Wildman–Crippen LogP) is 4.71. The molecule has 2 N–H and O–H groups in total. The summed E-state index contributed by atoms with van der Waals surface area (Å²) in [5, 5.41) is 13.9. The molecule has 0 aliphatic rings. The first-order valence-corrected chi connectivity index (χ1v) is 10.3. The van der Waals surface area contributed by atoms with Crippen molar-refractivity contribution < 1.29 is 14.6 Å². The third-order valence-electron chi connectivity index (χ3n) is 5.02. The zero-order chi connectivity index (χ0) is 21.4. The standard InChI is InChI=1S/C26H31NO3/c1-26(2,17-20-13-15-23(29-3)16-14-20)27-18-22(28)19-30-25-12-8-7-11-24(25)21-9-5-4-6-10-21/h4-16,22,27-28H,17-19H2,1-3H3. The topological polar surface area (TPSA) is 50.7 Å². The van der Waals surface area contributed by atoms with Gasteiger partial charge in [0, 0.05) is 17.6 Å². The van der Waals surface area contributed by atoms with Crippen molar-refractivity contribution in [2.45, 2.75) is 31.9 Å². The van der Waals surface area contributed by atoms with Gasteiger partial charge in [0.15, 0.2) is 0 Å². The van der Waals surface area contributed by atoms with Gasteiger partial charge in [0.1, 0.15) is 24.2 Å². The number of β-amino-alcohol motifs (C(OH)–C–C–N with tert-alkyl or cyclic N) is 1. The molecule has 0 aliphatic heterocycles. The smallest absolute Gasteiger partial charge is 0.127 e. The van der Waals surface area contributed by atoms with Gasteiger partial charge in [-0.25, -0.2) is 0 Å². The Hall–Kier alpha value is -2.82. The van der Waals surface area contributed by atoms with Gasteiger partial charge in [-0.05, 0) is 49.6 Å². The van der Waals surface area contributed by atoms with Crippen LogP contribution in [-0.4, -0.2) is 37.0 Å². The van der Waals surface area contributed by atoms with Gasteiger partial charge in [-0.3, -0.25) is 0 Å². The van der Waals surface area contributed by atoms with Crippen molar-refractivity contribution in [3.63, 3.8) is 0 Å². The minimum Gasteiger partial charge on any atom is -0.497 e. The van der Waals surface area contributed by atoms with E-state index in [1.54, 1.807) is 7.11 Å². The van der Waals surface area contributed by atoms with Crippen LogP contribution < -0.4 is 14.8 Å². The second-order valence-corrected chi connectivity index (χ2v) is 8.12. The van der Waals surface area contributed by atoms with Gasteiger partial charge >= 0.3 is 0 Å². The Morgan fingerprint density at radius 1 is 0.900 bits per heavy atom. The Morgan fingerprint density at radius 2 is 1.57 bits per heavy atom. The molecule has 158 valence electrons. The van der Waals surface area contributed by atoms with Crippen LogP contribution in [-0.2, 0) is 6.42 Å². The van der Waals surface area contributed by atoms with Crippen molar-refractivity contribution in [2.75, 3.05) is 20.3 Å². The van der Waals surface area contributed by atoms with Crippen molar-refractivity contribution >= 4 is 0 Å². The lowest BCUT2D eigenvalue weighted by Gasteiger charge is -2.28. The maximum atomic E-state index is 10.5. The van der Waals surface area contributed by atoms with Gasteiger partial charge in [0.05, 0.1) is 7.11 Å². The quantitative estimate of drug-likeness (QED) is 0.513. The van der Waals surface area contributed by atoms with Crippen LogP contribution in [0.4, 0.5) is 0 Å². The van der Waals surface area contributed by atoms with Crippen LogP contribution in [0.1, 0.15) is 19.4 Å². The number of benzene rings is 3. The molecule has 0 bridgehead atoms. The number of hydrogen-bond acceptors (Lipinski definition) is 4. The van der Waals surface area contributed by atoms with Crippen LogP contribution in [0.25, 0.3) is 11.1 Å². The molecular weight excluding hydrogens is 374 g/mol. The highest BCUT2D eigenvalue weighted by Gasteiger charge is 2.20. The number of ether oxygens (including phenoxy) is 2. The van der Waals surface area contributed by atoms with Gasteiger partial charge in [0.2, 0.25) is 0 Å². The van der Waals surface area contributed by atoms with E-state index >= 15 is 0 Å². The van der Waals surface area contributed by atoms with Gasteiger partial charge < -0.3 is 19.9 Å². The third kappa shape index (κ3) is 6.34. The molecule has 4 nitrogen and oxygen atoms in total. The van der Waals surface area contributed by atoms with Crippen LogP contribution >= 0.6 is 0 Å². The first-order valence-electron chi connectivity index (χ1n) is 10.3. The van der Waals surface area contributed by atoms with E-state index in [0.29, 0.717) is 6.54 Å². The van der Waals surface area contributed by atoms with E-state index in [-0.39, 0.29) is 12.1 Å². The van der Waals surface area contributed by atoms with E-state index in [1.165, 1.54) is 5.56 Å². The molecule has 4 heteroatoms. The number of aliphatic hydroxyl groups excluding tert-OH is 1. The van der Waals surface area contributed by atoms with E-state index in [1.807, 2.05) is 54.6 Å². The normalized spacial score (nSPS) is 12.4. The summed E-state index contributed by atoms with van der Waals surface area (Å²) in [6.45, 7) is 4.96. The molecule has 0 amide bonds. The lowest BCUT2D eigenvalue weighted by molar-refractivity contribution is 0.0991. The molecule has 0 radical (unpaired) electrons. The zero-order valence-electron chi connectivity index (χ0n) is 18.0. The molecule has 0 saturated heterocycles. The van der Waals surface area contributed by atoms with E-state index in [0.717, 1.165) is 29.0 Å². The van der Waals surface area contributed by atoms with Crippen LogP contribution in [0.2, 0.25) is 0 Å². The third-order valence-corrected chi connectivity index (χ3v) is 5.02. The summed E-state index contributed by atoms with van der Waals surface area (Å²) >= 11 is 0. The maximum absolute atomic E-state index is 10.5. The Bertz CT molecular complexity index is 907. The molecule has 0 heterocycles. The highest BCUT2D eigenvalue weighted by atomic mass is 16.5. The SMILES string of the molecule is COc1ccc(CC(C)(C)NCC(O)COc2ccccc2-c2ccccc2)cc1. The number of aliphatic hydroxyl groups is 1. The molecule has 0 fully saturated rings. The fraction of sp³-hybridized carbons (Fsp3) is 0.308. The number of methoxy groups -OCH3 is 1. The van der Waals surface area contributed by atoms with Crippen molar-refractivity contribution in [3.05, 3.63) is 84.4 Å². The van der Waals surface area contributed by atoms with Gasteiger partial charge in [0.25, 0.3) is 0 Å². The van der Waals surface area contributed by atoms with Gasteiger partial charge in [-0.15, -0.1) is 0 Å². The first kappa shape index (κ1) is 21.9. The fourth-order valence-electron chi connectivity index (χ4n) is 3.40. The Balaban J connectivity index is 1.52. The summed E-state index contributed by atoms with van der Waals surface area (Å²) in [4.78, 5) is 0. The first-order chi connectivity index (χ1) is 14.5. The molecule has 0 saturated carbocycles. The number of hydrogen-bond donors (Lipinski definition) is 2. The molecule has 3 rings (SSSR count). The summed E-state index contributed by atoms with van der Waals surface area (Å²) in [6.07, 6.45) is 0.241. The molecule has 1 unspecified atom stereocenters. The second kappa shape index (κ2) is 10.3. The maximum Gasteiger partial charge on any atom is 0.127 e. The molecule has 0 aromatic heterocycles. The molecule has 1 atom stereocenters. The largest absolute Gasteiger partial charge is 0.497 e. The van der Waals surface area contributed by atoms with Gasteiger partial charge in [-0.2, -0.15) is 0 Å². The Kier molecular flexibility index (Phi) is 7.50. The van der Waals surface area contributed by atoms with E-state index in [4.69, 9.17) is 9.47 Å². The van der Waals surface area contributed by atoms with Gasteiger partial charge in [-0.1, -0.05) is 60.7 Å². The van der Waals surface area contributed by atoms with E-state index < -0.39 is 6.10 Å². The van der Waals surface area contributed by atoms with Crippen LogP contribution in [0.3, 0.4) is 0 Å². The van der Waals surface area contributed by atoms with Crippen LogP contribution in [0.5, 0.6) is 11.5 Å². The average molecular weight is 406 g/mol. The summed E-state index contributed by atoms with van der Waals surface area (Å²) in [6, 6.07) is 26.1. The lowest BCUT2D eigenvalue weighted by Crippen LogP contribution is -2.46. The molecule has 0 aliphatic carbocycles. The van der Waals surface area contributed by atoms with Crippen molar-refractivity contribution in [2.24, 2.45) is 0 Å². The summed E-state index contributed by atoms with van der Waals surface area (Å²) in [5.74, 6) is 1.63. The second-order valence-electron chi connectivity index (χ2n) is 8.12. The highest BCUT2D eigenvalue weighted by Crippen LogP contribution is 2.29. The van der Waals surface area contributed by atoms with Crippen LogP contribution in [0.15, 0.2) is 78.9 Å². The van der Waals surface area contributed by atoms with E-state index in [2.05, 4.69) is 43.4 Å². The number of nitrogens with one attached hydrogen (secondary N) is 1. The summed E-state index contributed by atoms with van der Waals surface area (Å²) in [5.41, 5.74) is 3.19. The minimum atomic E-state index is -0.607. The van der Waals surface area contributed by atoms with E-state index in [9.17, 15) is 5.11 Å². The number of para-hydroxylation sites is 1. The average Bonchev–Trinajstić information content (AvgIpc) is 2.77. The molecule has 3 aromatic carbocycles. The van der Waals surface area contributed by atoms with Crippen molar-refractivity contribution in [3.8, 4) is 22.6 Å². The van der Waals surface area contributed by atoms with Crippen molar-refractivity contribution in [1.29, 1.82) is 0 Å². The summed E-state index contributed by atoms with van der Waals surface area (Å²) < 4.78 is 11.2. The lowest BCUT2D eigenvalue weighted by atomic mass is 9.94. The monoisotopic (exact) mass is 405 g/mol. The highest BCUT2D eigenvalue weighted by molar-refractivity contribution is 5.70. The Morgan fingerprint density at radius 3 is 2.27 bits per heavy atom. The zero-order valence-corrected chi connectivity index (χ0v) is 18.0. The molecule has 0 spiro atoms. The molecular formula is C26H31NO3. The fourth-order valence-corrected chi connectivity index (χ4v) is 3.40. The predicted molar refractivity (Wildman–Crippen MR) is 122 cm³/mol. The summed E-state index contributed by atoms with van der Waals surface area (Å²) in [7, 11) is 1.67. The molecule has 30 heavy (non-hydrogen) atoms. The van der Waals surface area contributed by atoms with Crippen molar-refractivity contribution in [1.82, 2.24) is 5.32 Å².